The lowest BCUT2D eigenvalue weighted by molar-refractivity contribution is -0.139. The molecule has 0 aliphatic heterocycles. The summed E-state index contributed by atoms with van der Waals surface area (Å²) in [4.78, 5) is 13.5. The maximum atomic E-state index is 10.4. The van der Waals surface area contributed by atoms with Crippen LogP contribution in [0.5, 0.6) is 0 Å². The number of aliphatic carboxylic acids is 1. The first-order chi connectivity index (χ1) is 7.16. The number of aromatic nitrogens is 1. The first-order valence-corrected chi connectivity index (χ1v) is 4.64. The van der Waals surface area contributed by atoms with Gasteiger partial charge in [0.15, 0.2) is 0 Å². The minimum absolute atomic E-state index is 0.268. The van der Waals surface area contributed by atoms with Crippen LogP contribution in [0, 0.1) is 0 Å². The molecule has 0 aliphatic carbocycles. The summed E-state index contributed by atoms with van der Waals surface area (Å²) in [5.74, 6) is -1.00. The van der Waals surface area contributed by atoms with Crippen molar-refractivity contribution in [1.82, 2.24) is 4.98 Å². The lowest BCUT2D eigenvalue weighted by Gasteiger charge is -2.07. The van der Waals surface area contributed by atoms with E-state index in [-0.39, 0.29) is 6.42 Å². The van der Waals surface area contributed by atoms with Crippen LogP contribution in [0.3, 0.4) is 0 Å². The van der Waals surface area contributed by atoms with Crippen molar-refractivity contribution >= 4 is 16.9 Å². The number of aromatic amines is 1. The van der Waals surface area contributed by atoms with Crippen LogP contribution in [0.25, 0.3) is 10.9 Å². The van der Waals surface area contributed by atoms with Crippen LogP contribution in [0.4, 0.5) is 0 Å². The number of H-pyrrole nitrogens is 1. The Bertz CT molecular complexity index is 489. The molecule has 0 amide bonds. The summed E-state index contributed by atoms with van der Waals surface area (Å²) in [7, 11) is 0. The van der Waals surface area contributed by atoms with Gasteiger partial charge in [0.1, 0.15) is 0 Å². The topological polar surface area (TPSA) is 73.3 Å². The van der Waals surface area contributed by atoms with Gasteiger partial charge in [0.2, 0.25) is 0 Å². The molecule has 2 rings (SSSR count). The highest BCUT2D eigenvalue weighted by Crippen LogP contribution is 2.21. The Morgan fingerprint density at radius 2 is 2.20 bits per heavy atom. The lowest BCUT2D eigenvalue weighted by atomic mass is 10.1. The minimum Gasteiger partial charge on any atom is -0.481 e. The smallest absolute Gasteiger partial charge is 0.306 e. The second-order valence-electron chi connectivity index (χ2n) is 3.44. The summed E-state index contributed by atoms with van der Waals surface area (Å²) in [6, 6.07) is 7.23. The van der Waals surface area contributed by atoms with E-state index in [9.17, 15) is 9.90 Å². The molecular weight excluding hydrogens is 194 g/mol. The third kappa shape index (κ3) is 1.99. The molecule has 0 radical (unpaired) electrons. The predicted octanol–water partition coefficient (Wildman–Crippen LogP) is 1.68. The fourth-order valence-corrected chi connectivity index (χ4v) is 1.56. The molecule has 0 unspecified atom stereocenters. The van der Waals surface area contributed by atoms with Crippen molar-refractivity contribution in [1.29, 1.82) is 0 Å². The van der Waals surface area contributed by atoms with Gasteiger partial charge in [-0.05, 0) is 29.1 Å². The number of carboxylic acid groups (broad SMARTS) is 1. The molecule has 15 heavy (non-hydrogen) atoms. The number of hydrogen-bond donors (Lipinski definition) is 3. The van der Waals surface area contributed by atoms with Gasteiger partial charge in [-0.1, -0.05) is 6.07 Å². The predicted molar refractivity (Wildman–Crippen MR) is 55.5 cm³/mol. The quantitative estimate of drug-likeness (QED) is 0.713. The standard InChI is InChI=1S/C11H11NO3/c13-10(6-11(14)15)8-1-2-9-7(5-8)3-4-12-9/h1-5,10,12-13H,6H2,(H,14,15)/t10-/m0/s1. The van der Waals surface area contributed by atoms with Crippen molar-refractivity contribution in [2.75, 3.05) is 0 Å². The van der Waals surface area contributed by atoms with Crippen LogP contribution < -0.4 is 0 Å². The molecule has 2 aromatic rings. The zero-order valence-corrected chi connectivity index (χ0v) is 7.97. The number of nitrogens with one attached hydrogen (secondary N) is 1. The molecule has 0 saturated heterocycles. The van der Waals surface area contributed by atoms with Gasteiger partial charge in [-0.2, -0.15) is 0 Å². The van der Waals surface area contributed by atoms with E-state index >= 15 is 0 Å². The average Bonchev–Trinajstić information content (AvgIpc) is 2.62. The number of aliphatic hydroxyl groups is 1. The summed E-state index contributed by atoms with van der Waals surface area (Å²) in [5, 5.41) is 19.1. The van der Waals surface area contributed by atoms with Crippen LogP contribution in [0.15, 0.2) is 30.5 Å². The van der Waals surface area contributed by atoms with E-state index in [4.69, 9.17) is 5.11 Å². The zero-order chi connectivity index (χ0) is 10.8. The number of hydrogen-bond acceptors (Lipinski definition) is 2. The van der Waals surface area contributed by atoms with Gasteiger partial charge >= 0.3 is 5.97 Å². The molecule has 0 saturated carbocycles. The molecule has 1 aromatic heterocycles. The van der Waals surface area contributed by atoms with E-state index in [0.29, 0.717) is 5.56 Å². The Morgan fingerprint density at radius 3 is 2.93 bits per heavy atom. The highest BCUT2D eigenvalue weighted by atomic mass is 16.4. The largest absolute Gasteiger partial charge is 0.481 e. The van der Waals surface area contributed by atoms with Gasteiger partial charge in [0.25, 0.3) is 0 Å². The van der Waals surface area contributed by atoms with E-state index in [2.05, 4.69) is 4.98 Å². The van der Waals surface area contributed by atoms with Gasteiger partial charge < -0.3 is 15.2 Å². The Labute approximate surface area is 86.2 Å². The Kier molecular flexibility index (Phi) is 2.43. The van der Waals surface area contributed by atoms with Crippen molar-refractivity contribution in [2.24, 2.45) is 0 Å². The first-order valence-electron chi connectivity index (χ1n) is 4.64. The minimum atomic E-state index is -1.00. The van der Waals surface area contributed by atoms with Gasteiger partial charge in [-0.25, -0.2) is 0 Å². The number of carbonyl (C=O) groups is 1. The van der Waals surface area contributed by atoms with E-state index in [1.165, 1.54) is 0 Å². The normalized spacial score (nSPS) is 12.9. The molecule has 1 atom stereocenters. The number of fused-ring (bicyclic) bond motifs is 1. The summed E-state index contributed by atoms with van der Waals surface area (Å²) < 4.78 is 0. The number of benzene rings is 1. The molecule has 0 bridgehead atoms. The SMILES string of the molecule is O=C(O)C[C@H](O)c1ccc2[nH]ccc2c1. The number of aliphatic hydroxyl groups excluding tert-OH is 1. The molecule has 0 aliphatic rings. The van der Waals surface area contributed by atoms with Gasteiger partial charge in [-0.3, -0.25) is 4.79 Å². The summed E-state index contributed by atoms with van der Waals surface area (Å²) in [6.07, 6.45) is 0.593. The maximum Gasteiger partial charge on any atom is 0.306 e. The molecule has 0 spiro atoms. The number of carboxylic acids is 1. The van der Waals surface area contributed by atoms with Crippen LogP contribution in [-0.4, -0.2) is 21.2 Å². The maximum absolute atomic E-state index is 10.4. The Morgan fingerprint density at radius 1 is 1.40 bits per heavy atom. The molecule has 0 fully saturated rings. The molecule has 1 heterocycles. The van der Waals surface area contributed by atoms with E-state index in [0.717, 1.165) is 10.9 Å². The summed E-state index contributed by atoms with van der Waals surface area (Å²) in [6.45, 7) is 0. The van der Waals surface area contributed by atoms with E-state index in [1.54, 1.807) is 18.3 Å². The number of rotatable bonds is 3. The fraction of sp³-hybridized carbons (Fsp3) is 0.182. The van der Waals surface area contributed by atoms with Gasteiger partial charge in [0, 0.05) is 11.7 Å². The molecule has 78 valence electrons. The zero-order valence-electron chi connectivity index (χ0n) is 7.97. The molecule has 1 aromatic carbocycles. The van der Waals surface area contributed by atoms with Crippen LogP contribution in [0.1, 0.15) is 18.1 Å². The van der Waals surface area contributed by atoms with Crippen LogP contribution in [-0.2, 0) is 4.79 Å². The molecule has 4 nitrogen and oxygen atoms in total. The highest BCUT2D eigenvalue weighted by Gasteiger charge is 2.12. The second-order valence-corrected chi connectivity index (χ2v) is 3.44. The lowest BCUT2D eigenvalue weighted by Crippen LogP contribution is -2.05. The summed E-state index contributed by atoms with van der Waals surface area (Å²) >= 11 is 0. The Hall–Kier alpha value is -1.81. The van der Waals surface area contributed by atoms with E-state index in [1.807, 2.05) is 12.1 Å². The first kappa shape index (κ1) is 9.73. The summed E-state index contributed by atoms with van der Waals surface area (Å²) in [5.41, 5.74) is 1.60. The van der Waals surface area contributed by atoms with Crippen LogP contribution in [0.2, 0.25) is 0 Å². The van der Waals surface area contributed by atoms with Crippen molar-refractivity contribution < 1.29 is 15.0 Å². The monoisotopic (exact) mass is 205 g/mol. The third-order valence-electron chi connectivity index (χ3n) is 2.33. The average molecular weight is 205 g/mol. The van der Waals surface area contributed by atoms with E-state index < -0.39 is 12.1 Å². The fourth-order valence-electron chi connectivity index (χ4n) is 1.56. The third-order valence-corrected chi connectivity index (χ3v) is 2.33. The van der Waals surface area contributed by atoms with Crippen molar-refractivity contribution in [3.05, 3.63) is 36.0 Å². The molecule has 4 heteroatoms. The van der Waals surface area contributed by atoms with Crippen LogP contribution >= 0.6 is 0 Å². The Balaban J connectivity index is 2.30. The highest BCUT2D eigenvalue weighted by molar-refractivity contribution is 5.80. The van der Waals surface area contributed by atoms with Gasteiger partial charge in [-0.15, -0.1) is 0 Å². The molecular formula is C11H11NO3. The van der Waals surface area contributed by atoms with Crippen molar-refractivity contribution in [3.8, 4) is 0 Å². The van der Waals surface area contributed by atoms with Crippen molar-refractivity contribution in [2.45, 2.75) is 12.5 Å². The van der Waals surface area contributed by atoms with Crippen molar-refractivity contribution in [3.63, 3.8) is 0 Å². The van der Waals surface area contributed by atoms with Gasteiger partial charge in [0.05, 0.1) is 12.5 Å². The second kappa shape index (κ2) is 3.74. The molecule has 3 N–H and O–H groups in total.